The van der Waals surface area contributed by atoms with Crippen LogP contribution in [0, 0.1) is 6.92 Å². The zero-order chi connectivity index (χ0) is 22.5. The van der Waals surface area contributed by atoms with Crippen LogP contribution < -0.4 is 5.32 Å². The number of nitrogens with zero attached hydrogens (tertiary/aromatic N) is 3. The van der Waals surface area contributed by atoms with Crippen LogP contribution in [-0.2, 0) is 15.7 Å². The molecule has 0 aromatic carbocycles. The van der Waals surface area contributed by atoms with Crippen LogP contribution in [0.15, 0.2) is 24.5 Å². The number of carbonyl (C=O) groups is 2. The number of carbonyl (C=O) groups excluding carboxylic acids is 2. The first-order valence-electron chi connectivity index (χ1n) is 9.11. The van der Waals surface area contributed by atoms with Gasteiger partial charge in [0.2, 0.25) is 0 Å². The minimum Gasteiger partial charge on any atom is -0.462 e. The van der Waals surface area contributed by atoms with Gasteiger partial charge in [0.1, 0.15) is 11.2 Å². The van der Waals surface area contributed by atoms with Crippen molar-refractivity contribution in [2.75, 3.05) is 13.2 Å². The first kappa shape index (κ1) is 23.2. The summed E-state index contributed by atoms with van der Waals surface area (Å²) in [6.07, 6.45) is -2.71. The molecule has 0 unspecified atom stereocenters. The normalized spacial score (nSPS) is 11.8. The monoisotopic (exact) mass is 428 g/mol. The van der Waals surface area contributed by atoms with Crippen molar-refractivity contribution in [2.45, 2.75) is 45.9 Å². The Hall–Kier alpha value is -3.11. The Bertz CT molecular complexity index is 887. The van der Waals surface area contributed by atoms with Crippen molar-refractivity contribution in [2.24, 2.45) is 0 Å². The molecule has 30 heavy (non-hydrogen) atoms. The lowest BCUT2D eigenvalue weighted by molar-refractivity contribution is -0.137. The maximum atomic E-state index is 12.6. The van der Waals surface area contributed by atoms with Gasteiger partial charge in [-0.2, -0.15) is 18.3 Å². The van der Waals surface area contributed by atoms with Crippen molar-refractivity contribution < 1.29 is 32.2 Å². The number of alkyl halides is 3. The van der Waals surface area contributed by atoms with Gasteiger partial charge < -0.3 is 14.8 Å². The first-order chi connectivity index (χ1) is 13.9. The lowest BCUT2D eigenvalue weighted by Crippen LogP contribution is -2.33. The number of pyridine rings is 1. The Balaban J connectivity index is 1.88. The van der Waals surface area contributed by atoms with Crippen molar-refractivity contribution >= 4 is 12.1 Å². The van der Waals surface area contributed by atoms with E-state index >= 15 is 0 Å². The second-order valence-corrected chi connectivity index (χ2v) is 7.38. The van der Waals surface area contributed by atoms with Crippen LogP contribution in [0.1, 0.15) is 48.8 Å². The molecule has 0 saturated carbocycles. The van der Waals surface area contributed by atoms with Gasteiger partial charge in [0, 0.05) is 12.7 Å². The predicted octanol–water partition coefficient (Wildman–Crippen LogP) is 3.67. The number of hydrogen-bond donors (Lipinski definition) is 1. The summed E-state index contributed by atoms with van der Waals surface area (Å²) >= 11 is 0. The summed E-state index contributed by atoms with van der Waals surface area (Å²) < 4.78 is 49.4. The first-order valence-corrected chi connectivity index (χ1v) is 9.11. The van der Waals surface area contributed by atoms with Gasteiger partial charge in [-0.1, -0.05) is 0 Å². The van der Waals surface area contributed by atoms with Gasteiger partial charge in [0.15, 0.2) is 5.82 Å². The van der Waals surface area contributed by atoms with Gasteiger partial charge in [0.05, 0.1) is 24.1 Å². The molecule has 1 N–H and O–H groups in total. The maximum Gasteiger partial charge on any atom is 0.417 e. The highest BCUT2D eigenvalue weighted by atomic mass is 19.4. The highest BCUT2D eigenvalue weighted by molar-refractivity contribution is 5.90. The minimum absolute atomic E-state index is 0.0534. The summed E-state index contributed by atoms with van der Waals surface area (Å²) in [5.74, 6) is -0.496. The highest BCUT2D eigenvalue weighted by Gasteiger charge is 2.31. The smallest absolute Gasteiger partial charge is 0.417 e. The molecule has 0 radical (unpaired) electrons. The van der Waals surface area contributed by atoms with E-state index in [0.29, 0.717) is 18.3 Å². The molecular formula is C19H23F3N4O4. The fourth-order valence-corrected chi connectivity index (χ4v) is 2.34. The molecule has 0 aliphatic rings. The molecule has 0 aliphatic carbocycles. The van der Waals surface area contributed by atoms with Gasteiger partial charge in [-0.3, -0.25) is 0 Å². The van der Waals surface area contributed by atoms with Crippen molar-refractivity contribution in [3.8, 4) is 5.82 Å². The molecule has 0 saturated heterocycles. The number of alkyl carbamates (subject to hydrolysis) is 1. The van der Waals surface area contributed by atoms with E-state index in [0.717, 1.165) is 6.07 Å². The molecule has 0 fully saturated rings. The molecule has 8 nitrogen and oxygen atoms in total. The molecule has 11 heteroatoms. The summed E-state index contributed by atoms with van der Waals surface area (Å²) in [7, 11) is 0. The zero-order valence-electron chi connectivity index (χ0n) is 17.0. The topological polar surface area (TPSA) is 95.3 Å². The van der Waals surface area contributed by atoms with Crippen LogP contribution in [0.25, 0.3) is 5.82 Å². The maximum absolute atomic E-state index is 12.6. The summed E-state index contributed by atoms with van der Waals surface area (Å²) in [6.45, 7) is 7.13. The molecule has 0 spiro atoms. The zero-order valence-corrected chi connectivity index (χ0v) is 17.0. The van der Waals surface area contributed by atoms with Crippen molar-refractivity contribution in [1.82, 2.24) is 20.1 Å². The number of rotatable bonds is 6. The molecule has 2 heterocycles. The van der Waals surface area contributed by atoms with Crippen LogP contribution in [-0.4, -0.2) is 45.6 Å². The third kappa shape index (κ3) is 6.46. The number of halogens is 3. The molecule has 2 aromatic rings. The van der Waals surface area contributed by atoms with E-state index in [1.54, 1.807) is 27.7 Å². The van der Waals surface area contributed by atoms with Crippen LogP contribution in [0.4, 0.5) is 18.0 Å². The van der Waals surface area contributed by atoms with Gasteiger partial charge in [-0.25, -0.2) is 19.3 Å². The molecule has 2 rings (SSSR count). The lowest BCUT2D eigenvalue weighted by Gasteiger charge is -2.19. The van der Waals surface area contributed by atoms with Crippen LogP contribution in [0.2, 0.25) is 0 Å². The molecule has 0 atom stereocenters. The number of hydrogen-bond acceptors (Lipinski definition) is 6. The molecule has 164 valence electrons. The second-order valence-electron chi connectivity index (χ2n) is 7.38. The Morgan fingerprint density at radius 1 is 1.17 bits per heavy atom. The number of aromatic nitrogens is 3. The number of nitrogens with one attached hydrogen (secondary N) is 1. The van der Waals surface area contributed by atoms with E-state index in [1.807, 2.05) is 0 Å². The summed E-state index contributed by atoms with van der Waals surface area (Å²) in [5.41, 5.74) is -0.942. The molecule has 0 aliphatic heterocycles. The Morgan fingerprint density at radius 3 is 2.43 bits per heavy atom. The van der Waals surface area contributed by atoms with Gasteiger partial charge in [-0.15, -0.1) is 0 Å². The van der Waals surface area contributed by atoms with Gasteiger partial charge in [0.25, 0.3) is 0 Å². The molecule has 1 amide bonds. The van der Waals surface area contributed by atoms with E-state index < -0.39 is 29.4 Å². The van der Waals surface area contributed by atoms with Crippen LogP contribution in [0.3, 0.4) is 0 Å². The highest BCUT2D eigenvalue weighted by Crippen LogP contribution is 2.28. The summed E-state index contributed by atoms with van der Waals surface area (Å²) in [5, 5.41) is 6.55. The van der Waals surface area contributed by atoms with Crippen LogP contribution in [0.5, 0.6) is 0 Å². The van der Waals surface area contributed by atoms with Crippen molar-refractivity contribution in [3.05, 3.63) is 41.3 Å². The average Bonchev–Trinajstić information content (AvgIpc) is 3.00. The number of amides is 1. The standard InChI is InChI=1S/C19H23F3N4O4/c1-12-14(16(27)29-9-5-8-23-17(28)30-18(2,3)4)11-25-26(12)15-7-6-13(10-24-15)19(20,21)22/h6-7,10-11H,5,8-9H2,1-4H3,(H,23,28). The van der Waals surface area contributed by atoms with Crippen LogP contribution >= 0.6 is 0 Å². The fraction of sp³-hybridized carbons (Fsp3) is 0.474. The fourth-order valence-electron chi connectivity index (χ4n) is 2.34. The second kappa shape index (κ2) is 9.14. The SMILES string of the molecule is Cc1c(C(=O)OCCCNC(=O)OC(C)(C)C)cnn1-c1ccc(C(F)(F)F)cn1. The Morgan fingerprint density at radius 2 is 1.87 bits per heavy atom. The predicted molar refractivity (Wildman–Crippen MR) is 100 cm³/mol. The summed E-state index contributed by atoms with van der Waals surface area (Å²) in [4.78, 5) is 27.5. The minimum atomic E-state index is -4.49. The molecule has 2 aromatic heterocycles. The summed E-state index contributed by atoms with van der Waals surface area (Å²) in [6, 6.07) is 2.05. The van der Waals surface area contributed by atoms with E-state index in [2.05, 4.69) is 15.4 Å². The van der Waals surface area contributed by atoms with Gasteiger partial charge >= 0.3 is 18.2 Å². The number of esters is 1. The van der Waals surface area contributed by atoms with E-state index in [-0.39, 0.29) is 24.5 Å². The van der Waals surface area contributed by atoms with E-state index in [1.165, 1.54) is 16.9 Å². The Kier molecular flexibility index (Phi) is 7.06. The Labute approximate surface area is 171 Å². The number of ether oxygens (including phenoxy) is 2. The third-order valence-electron chi connectivity index (χ3n) is 3.74. The van der Waals surface area contributed by atoms with E-state index in [4.69, 9.17) is 9.47 Å². The largest absolute Gasteiger partial charge is 0.462 e. The van der Waals surface area contributed by atoms with Crippen molar-refractivity contribution in [3.63, 3.8) is 0 Å². The lowest BCUT2D eigenvalue weighted by atomic mass is 10.2. The molecule has 0 bridgehead atoms. The quantitative estimate of drug-likeness (QED) is 0.557. The molecular weight excluding hydrogens is 405 g/mol. The van der Waals surface area contributed by atoms with Crippen molar-refractivity contribution in [1.29, 1.82) is 0 Å². The average molecular weight is 428 g/mol. The van der Waals surface area contributed by atoms with Gasteiger partial charge in [-0.05, 0) is 46.2 Å². The van der Waals surface area contributed by atoms with E-state index in [9.17, 15) is 22.8 Å². The third-order valence-corrected chi connectivity index (χ3v) is 3.74.